The van der Waals surface area contributed by atoms with Gasteiger partial charge in [0.15, 0.2) is 0 Å². The maximum absolute atomic E-state index is 11.3. The molecule has 0 fully saturated rings. The second-order valence-electron chi connectivity index (χ2n) is 3.94. The molecule has 112 valence electrons. The minimum atomic E-state index is -3.19. The van der Waals surface area contributed by atoms with Crippen LogP contribution in [-0.4, -0.2) is 63.5 Å². The maximum atomic E-state index is 11.3. The van der Waals surface area contributed by atoms with Gasteiger partial charge in [-0.05, 0) is 6.42 Å². The highest BCUT2D eigenvalue weighted by Crippen LogP contribution is 1.97. The van der Waals surface area contributed by atoms with Crippen LogP contribution in [0.3, 0.4) is 0 Å². The van der Waals surface area contributed by atoms with Crippen LogP contribution in [-0.2, 0) is 19.6 Å². The number of nitrogens with zero attached hydrogens (tertiary/aromatic N) is 1. The Morgan fingerprint density at radius 1 is 1.21 bits per heavy atom. The van der Waals surface area contributed by atoms with Gasteiger partial charge in [0.25, 0.3) is 0 Å². The second-order valence-corrected chi connectivity index (χ2v) is 5.92. The molecule has 0 rings (SSSR count). The molecule has 8 nitrogen and oxygen atoms in total. The van der Waals surface area contributed by atoms with Crippen LogP contribution in [0.2, 0.25) is 0 Å². The molecular formula is C10H22N4O4S. The summed E-state index contributed by atoms with van der Waals surface area (Å²) in [5.41, 5.74) is 5.06. The van der Waals surface area contributed by atoms with Crippen molar-refractivity contribution in [2.24, 2.45) is 5.73 Å². The fourth-order valence-electron chi connectivity index (χ4n) is 1.36. The Balaban J connectivity index is 3.80. The van der Waals surface area contributed by atoms with Crippen LogP contribution in [0.5, 0.6) is 0 Å². The van der Waals surface area contributed by atoms with Crippen LogP contribution in [0.15, 0.2) is 0 Å². The van der Waals surface area contributed by atoms with Gasteiger partial charge in [0.2, 0.25) is 21.8 Å². The van der Waals surface area contributed by atoms with E-state index in [9.17, 15) is 18.0 Å². The van der Waals surface area contributed by atoms with Gasteiger partial charge in [-0.1, -0.05) is 6.92 Å². The Hall–Kier alpha value is -1.19. The number of carbonyl (C=O) groups excluding carboxylic acids is 2. The van der Waals surface area contributed by atoms with Crippen molar-refractivity contribution in [2.75, 3.05) is 39.0 Å². The molecule has 0 aromatic carbocycles. The van der Waals surface area contributed by atoms with E-state index in [0.29, 0.717) is 26.1 Å². The lowest BCUT2D eigenvalue weighted by Gasteiger charge is -2.17. The number of nitrogens with one attached hydrogen (secondary N) is 2. The summed E-state index contributed by atoms with van der Waals surface area (Å²) >= 11 is 0. The zero-order valence-corrected chi connectivity index (χ0v) is 12.1. The first kappa shape index (κ1) is 17.8. The predicted octanol–water partition coefficient (Wildman–Crippen LogP) is -2.15. The summed E-state index contributed by atoms with van der Waals surface area (Å²) in [5, 5.41) is 4.91. The monoisotopic (exact) mass is 294 g/mol. The minimum Gasteiger partial charge on any atom is -0.355 e. The third-order valence-electron chi connectivity index (χ3n) is 2.36. The fourth-order valence-corrected chi connectivity index (χ4v) is 2.28. The van der Waals surface area contributed by atoms with Gasteiger partial charge in [-0.15, -0.1) is 0 Å². The fraction of sp³-hybridized carbons (Fsp3) is 0.800. The highest BCUT2D eigenvalue weighted by Gasteiger charge is 2.13. The molecule has 0 saturated heterocycles. The van der Waals surface area contributed by atoms with Crippen LogP contribution in [0.25, 0.3) is 0 Å². The maximum Gasteiger partial charge on any atom is 0.239 e. The Bertz CT molecular complexity index is 396. The predicted molar refractivity (Wildman–Crippen MR) is 71.8 cm³/mol. The molecule has 0 aliphatic heterocycles. The standard InChI is InChI=1S/C10H22N4O4S/c1-3-14(19(2,17)18)6-4-5-12-10(16)8-13-9(15)7-11/h3-8,11H2,1-2H3,(H,12,16)(H,13,15). The summed E-state index contributed by atoms with van der Waals surface area (Å²) < 4.78 is 23.9. The quantitative estimate of drug-likeness (QED) is 0.419. The number of hydrogen-bond acceptors (Lipinski definition) is 5. The van der Waals surface area contributed by atoms with Crippen LogP contribution >= 0.6 is 0 Å². The first-order valence-corrected chi connectivity index (χ1v) is 7.84. The highest BCUT2D eigenvalue weighted by molar-refractivity contribution is 7.88. The molecule has 0 aliphatic carbocycles. The normalized spacial score (nSPS) is 11.4. The molecule has 0 aromatic heterocycles. The number of carbonyl (C=O) groups is 2. The van der Waals surface area contributed by atoms with Gasteiger partial charge in [0.1, 0.15) is 0 Å². The molecule has 0 radical (unpaired) electrons. The molecule has 0 aliphatic rings. The number of rotatable bonds is 9. The van der Waals surface area contributed by atoms with Gasteiger partial charge < -0.3 is 16.4 Å². The average Bonchev–Trinajstić information content (AvgIpc) is 2.34. The van der Waals surface area contributed by atoms with E-state index in [1.165, 1.54) is 4.31 Å². The summed E-state index contributed by atoms with van der Waals surface area (Å²) in [6.45, 7) is 2.57. The summed E-state index contributed by atoms with van der Waals surface area (Å²) in [4.78, 5) is 22.1. The van der Waals surface area contributed by atoms with Gasteiger partial charge in [-0.2, -0.15) is 0 Å². The van der Waals surface area contributed by atoms with Gasteiger partial charge in [-0.25, -0.2) is 12.7 Å². The van der Waals surface area contributed by atoms with E-state index in [1.807, 2.05) is 0 Å². The van der Waals surface area contributed by atoms with E-state index >= 15 is 0 Å². The van der Waals surface area contributed by atoms with Crippen LogP contribution < -0.4 is 16.4 Å². The van der Waals surface area contributed by atoms with Crippen molar-refractivity contribution in [2.45, 2.75) is 13.3 Å². The number of sulfonamides is 1. The molecule has 2 amide bonds. The average molecular weight is 294 g/mol. The van der Waals surface area contributed by atoms with Gasteiger partial charge >= 0.3 is 0 Å². The summed E-state index contributed by atoms with van der Waals surface area (Å²) in [6, 6.07) is 0. The van der Waals surface area contributed by atoms with E-state index in [2.05, 4.69) is 10.6 Å². The van der Waals surface area contributed by atoms with E-state index in [0.717, 1.165) is 6.26 Å². The van der Waals surface area contributed by atoms with Gasteiger partial charge in [-0.3, -0.25) is 9.59 Å². The largest absolute Gasteiger partial charge is 0.355 e. The molecule has 0 spiro atoms. The molecule has 9 heteroatoms. The molecule has 0 heterocycles. The van der Waals surface area contributed by atoms with E-state index in [-0.39, 0.29) is 19.0 Å². The van der Waals surface area contributed by atoms with Crippen molar-refractivity contribution < 1.29 is 18.0 Å². The van der Waals surface area contributed by atoms with E-state index in [4.69, 9.17) is 5.73 Å². The summed E-state index contributed by atoms with van der Waals surface area (Å²) in [5.74, 6) is -0.728. The first-order chi connectivity index (χ1) is 8.81. The molecule has 0 atom stereocenters. The zero-order valence-electron chi connectivity index (χ0n) is 11.3. The smallest absolute Gasteiger partial charge is 0.239 e. The van der Waals surface area contributed by atoms with Gasteiger partial charge in [0, 0.05) is 19.6 Å². The SMILES string of the molecule is CCN(CCCNC(=O)CNC(=O)CN)S(C)(=O)=O. The van der Waals surface area contributed by atoms with Crippen molar-refractivity contribution in [1.29, 1.82) is 0 Å². The molecule has 19 heavy (non-hydrogen) atoms. The molecule has 0 unspecified atom stereocenters. The highest BCUT2D eigenvalue weighted by atomic mass is 32.2. The molecule has 0 saturated carbocycles. The van der Waals surface area contributed by atoms with Crippen molar-refractivity contribution in [3.63, 3.8) is 0 Å². The lowest BCUT2D eigenvalue weighted by molar-refractivity contribution is -0.125. The number of nitrogens with two attached hydrogens (primary N) is 1. The zero-order chi connectivity index (χ0) is 14.9. The van der Waals surface area contributed by atoms with Crippen molar-refractivity contribution in [1.82, 2.24) is 14.9 Å². The lowest BCUT2D eigenvalue weighted by Crippen LogP contribution is -2.40. The molecular weight excluding hydrogens is 272 g/mol. The summed E-state index contributed by atoms with van der Waals surface area (Å²) in [6.07, 6.45) is 1.66. The summed E-state index contributed by atoms with van der Waals surface area (Å²) in [7, 11) is -3.19. The number of hydrogen-bond donors (Lipinski definition) is 3. The van der Waals surface area contributed by atoms with Crippen molar-refractivity contribution in [3.8, 4) is 0 Å². The molecule has 4 N–H and O–H groups in total. The second kappa shape index (κ2) is 8.83. The Morgan fingerprint density at radius 3 is 2.32 bits per heavy atom. The third kappa shape index (κ3) is 8.51. The van der Waals surface area contributed by atoms with E-state index in [1.54, 1.807) is 6.92 Å². The third-order valence-corrected chi connectivity index (χ3v) is 3.74. The Morgan fingerprint density at radius 2 is 1.84 bits per heavy atom. The molecule has 0 bridgehead atoms. The van der Waals surface area contributed by atoms with Crippen molar-refractivity contribution >= 4 is 21.8 Å². The topological polar surface area (TPSA) is 122 Å². The van der Waals surface area contributed by atoms with Crippen LogP contribution in [0.1, 0.15) is 13.3 Å². The van der Waals surface area contributed by atoms with Crippen LogP contribution in [0.4, 0.5) is 0 Å². The lowest BCUT2D eigenvalue weighted by atomic mass is 10.4. The number of amides is 2. The van der Waals surface area contributed by atoms with Crippen molar-refractivity contribution in [3.05, 3.63) is 0 Å². The Kier molecular flexibility index (Phi) is 8.28. The molecule has 0 aromatic rings. The van der Waals surface area contributed by atoms with E-state index < -0.39 is 15.9 Å². The van der Waals surface area contributed by atoms with Gasteiger partial charge in [0.05, 0.1) is 19.3 Å². The van der Waals surface area contributed by atoms with Crippen LogP contribution in [0, 0.1) is 0 Å². The Labute approximate surface area is 113 Å². The minimum absolute atomic E-state index is 0.125. The first-order valence-electron chi connectivity index (χ1n) is 5.99.